The molecule has 0 unspecified atom stereocenters. The number of primary amides is 1. The zero-order valence-electron chi connectivity index (χ0n) is 9.92. The molecule has 2 atom stereocenters. The monoisotopic (exact) mass is 221 g/mol. The zero-order valence-corrected chi connectivity index (χ0v) is 9.92. The van der Waals surface area contributed by atoms with Crippen LogP contribution in [0.25, 0.3) is 0 Å². The van der Waals surface area contributed by atoms with Crippen molar-refractivity contribution >= 4 is 11.7 Å². The summed E-state index contributed by atoms with van der Waals surface area (Å²) >= 11 is 0. The molecule has 2 aliphatic rings. The van der Waals surface area contributed by atoms with E-state index in [2.05, 4.69) is 24.4 Å². The van der Waals surface area contributed by atoms with Crippen LogP contribution in [0.3, 0.4) is 0 Å². The fourth-order valence-corrected chi connectivity index (χ4v) is 3.12. The molecule has 0 heterocycles. The molecule has 2 amide bonds. The highest BCUT2D eigenvalue weighted by atomic mass is 16.2. The molecule has 0 saturated heterocycles. The highest BCUT2D eigenvalue weighted by Crippen LogP contribution is 2.46. The van der Waals surface area contributed by atoms with Gasteiger partial charge in [0, 0.05) is 11.6 Å². The third-order valence-electron chi connectivity index (χ3n) is 3.66. The topological polar surface area (TPSA) is 67.5 Å². The molecule has 0 spiro atoms. The number of nitrogens with zero attached hydrogens (tertiary/aromatic N) is 1. The Morgan fingerprint density at radius 2 is 2.12 bits per heavy atom. The second-order valence-electron chi connectivity index (χ2n) is 4.90. The number of carbonyl (C=O) groups is 1. The highest BCUT2D eigenvalue weighted by molar-refractivity contribution is 5.92. The number of urea groups is 1. The summed E-state index contributed by atoms with van der Waals surface area (Å²) in [5.41, 5.74) is 11.5. The first-order chi connectivity index (χ1) is 7.59. The summed E-state index contributed by atoms with van der Waals surface area (Å²) in [7, 11) is 0. The van der Waals surface area contributed by atoms with Gasteiger partial charge >= 0.3 is 6.03 Å². The molecule has 0 aromatic carbocycles. The maximum atomic E-state index is 10.7. The van der Waals surface area contributed by atoms with Gasteiger partial charge in [0.2, 0.25) is 0 Å². The van der Waals surface area contributed by atoms with Crippen LogP contribution in [0.2, 0.25) is 0 Å². The lowest BCUT2D eigenvalue weighted by molar-refractivity contribution is 0.249. The zero-order chi connectivity index (χ0) is 11.7. The van der Waals surface area contributed by atoms with Gasteiger partial charge in [-0.05, 0) is 45.4 Å². The number of rotatable bonds is 1. The second kappa shape index (κ2) is 4.28. The Kier molecular flexibility index (Phi) is 2.99. The minimum absolute atomic E-state index is 0.454. The molecule has 4 nitrogen and oxygen atoms in total. The molecule has 2 fully saturated rings. The number of hydrogen-bond donors (Lipinski definition) is 2. The summed E-state index contributed by atoms with van der Waals surface area (Å²) in [5.74, 6) is 1.21. The molecule has 88 valence electrons. The molecule has 4 heteroatoms. The van der Waals surface area contributed by atoms with Gasteiger partial charge in [-0.15, -0.1) is 0 Å². The van der Waals surface area contributed by atoms with Crippen LogP contribution >= 0.6 is 0 Å². The number of amides is 2. The Morgan fingerprint density at radius 3 is 2.75 bits per heavy atom. The Hall–Kier alpha value is -1.32. The maximum absolute atomic E-state index is 10.7. The summed E-state index contributed by atoms with van der Waals surface area (Å²) in [6, 6.07) is -0.577. The van der Waals surface area contributed by atoms with E-state index in [0.29, 0.717) is 5.92 Å². The minimum Gasteiger partial charge on any atom is -0.350 e. The quantitative estimate of drug-likeness (QED) is 0.517. The molecular formula is C12H19N3O. The lowest BCUT2D eigenvalue weighted by Gasteiger charge is -2.26. The predicted octanol–water partition coefficient (Wildman–Crippen LogP) is 2.17. The summed E-state index contributed by atoms with van der Waals surface area (Å²) < 4.78 is 0. The van der Waals surface area contributed by atoms with Gasteiger partial charge < -0.3 is 5.73 Å². The molecular weight excluding hydrogens is 202 g/mol. The standard InChI is InChI=1S/C12H19N3O/c1-7(2)11-8-3-5-9(11)10(6-4-8)14-15-12(13)16/h8-9H,3-6H2,1-2H3,(H3,13,15,16)/b14-10-/t8-,9-/m1/s1. The van der Waals surface area contributed by atoms with E-state index in [-0.39, 0.29) is 0 Å². The lowest BCUT2D eigenvalue weighted by atomic mass is 9.80. The van der Waals surface area contributed by atoms with E-state index >= 15 is 0 Å². The van der Waals surface area contributed by atoms with Gasteiger partial charge in [-0.2, -0.15) is 5.10 Å². The first kappa shape index (κ1) is 11.2. The van der Waals surface area contributed by atoms with E-state index in [1.165, 1.54) is 18.4 Å². The Labute approximate surface area is 96.0 Å². The van der Waals surface area contributed by atoms with Crippen molar-refractivity contribution in [1.82, 2.24) is 5.43 Å². The molecule has 0 aliphatic heterocycles. The SMILES string of the molecule is CC(C)=C1[C@H]2CC/C(=N/NC(N)=O)[C@H]1CC2. The van der Waals surface area contributed by atoms with Gasteiger partial charge in [0.1, 0.15) is 0 Å². The molecule has 0 aromatic heterocycles. The summed E-state index contributed by atoms with van der Waals surface area (Å²) in [6.07, 6.45) is 4.59. The van der Waals surface area contributed by atoms with Crippen molar-refractivity contribution in [3.05, 3.63) is 11.1 Å². The maximum Gasteiger partial charge on any atom is 0.332 e. The largest absolute Gasteiger partial charge is 0.350 e. The molecule has 0 radical (unpaired) electrons. The first-order valence-electron chi connectivity index (χ1n) is 5.88. The number of fused-ring (bicyclic) bond motifs is 2. The Morgan fingerprint density at radius 1 is 1.38 bits per heavy atom. The van der Waals surface area contributed by atoms with Crippen molar-refractivity contribution in [2.75, 3.05) is 0 Å². The van der Waals surface area contributed by atoms with Crippen molar-refractivity contribution in [2.45, 2.75) is 39.5 Å². The molecule has 2 saturated carbocycles. The number of hydrogen-bond acceptors (Lipinski definition) is 2. The predicted molar refractivity (Wildman–Crippen MR) is 64.0 cm³/mol. The normalized spacial score (nSPS) is 30.6. The van der Waals surface area contributed by atoms with Gasteiger partial charge in [0.15, 0.2) is 0 Å². The van der Waals surface area contributed by atoms with Crippen LogP contribution < -0.4 is 11.2 Å². The van der Waals surface area contributed by atoms with Gasteiger partial charge in [-0.3, -0.25) is 0 Å². The summed E-state index contributed by atoms with van der Waals surface area (Å²) in [6.45, 7) is 4.34. The highest BCUT2D eigenvalue weighted by Gasteiger charge is 2.38. The van der Waals surface area contributed by atoms with Crippen LogP contribution in [0.15, 0.2) is 16.2 Å². The van der Waals surface area contributed by atoms with E-state index in [4.69, 9.17) is 5.73 Å². The lowest BCUT2D eigenvalue weighted by Crippen LogP contribution is -2.29. The third-order valence-corrected chi connectivity index (χ3v) is 3.66. The molecule has 0 aromatic rings. The van der Waals surface area contributed by atoms with Crippen LogP contribution in [-0.2, 0) is 0 Å². The van der Waals surface area contributed by atoms with Gasteiger partial charge in [0.05, 0.1) is 0 Å². The molecule has 3 N–H and O–H groups in total. The molecule has 2 aliphatic carbocycles. The minimum atomic E-state index is -0.577. The average Bonchev–Trinajstić information content (AvgIpc) is 2.53. The first-order valence-corrected chi connectivity index (χ1v) is 5.88. The van der Waals surface area contributed by atoms with Crippen LogP contribution in [0.1, 0.15) is 39.5 Å². The summed E-state index contributed by atoms with van der Waals surface area (Å²) in [5, 5.41) is 4.15. The third kappa shape index (κ3) is 1.96. The van der Waals surface area contributed by atoms with Crippen LogP contribution in [0.4, 0.5) is 4.79 Å². The second-order valence-corrected chi connectivity index (χ2v) is 4.90. The number of nitrogens with two attached hydrogens (primary N) is 1. The summed E-state index contributed by atoms with van der Waals surface area (Å²) in [4.78, 5) is 10.7. The van der Waals surface area contributed by atoms with Crippen molar-refractivity contribution in [3.63, 3.8) is 0 Å². The van der Waals surface area contributed by atoms with Crippen molar-refractivity contribution in [2.24, 2.45) is 22.7 Å². The van der Waals surface area contributed by atoms with E-state index in [0.717, 1.165) is 24.5 Å². The van der Waals surface area contributed by atoms with Gasteiger partial charge in [0.25, 0.3) is 0 Å². The van der Waals surface area contributed by atoms with Gasteiger partial charge in [-0.25, -0.2) is 10.2 Å². The van der Waals surface area contributed by atoms with Crippen molar-refractivity contribution < 1.29 is 4.79 Å². The number of hydrazone groups is 1. The molecule has 2 rings (SSSR count). The smallest absolute Gasteiger partial charge is 0.332 e. The van der Waals surface area contributed by atoms with Gasteiger partial charge in [-0.1, -0.05) is 11.1 Å². The number of carbonyl (C=O) groups excluding carboxylic acids is 1. The van der Waals surface area contributed by atoms with Crippen molar-refractivity contribution in [3.8, 4) is 0 Å². The molecule has 2 bridgehead atoms. The average molecular weight is 221 g/mol. The van der Waals surface area contributed by atoms with E-state index in [9.17, 15) is 4.79 Å². The Bertz CT molecular complexity index is 366. The fraction of sp³-hybridized carbons (Fsp3) is 0.667. The number of allylic oxidation sites excluding steroid dienone is 2. The van der Waals surface area contributed by atoms with E-state index in [1.807, 2.05) is 0 Å². The van der Waals surface area contributed by atoms with Crippen molar-refractivity contribution in [1.29, 1.82) is 0 Å². The number of nitrogens with one attached hydrogen (secondary N) is 1. The van der Waals surface area contributed by atoms with Crippen LogP contribution in [0, 0.1) is 11.8 Å². The van der Waals surface area contributed by atoms with E-state index < -0.39 is 6.03 Å². The van der Waals surface area contributed by atoms with Crippen LogP contribution in [-0.4, -0.2) is 11.7 Å². The fourth-order valence-electron chi connectivity index (χ4n) is 3.12. The van der Waals surface area contributed by atoms with Crippen LogP contribution in [0.5, 0.6) is 0 Å². The molecule has 16 heavy (non-hydrogen) atoms. The Balaban J connectivity index is 2.22. The van der Waals surface area contributed by atoms with E-state index in [1.54, 1.807) is 5.57 Å².